The van der Waals surface area contributed by atoms with Crippen molar-refractivity contribution in [2.45, 2.75) is 76.3 Å². The van der Waals surface area contributed by atoms with Gasteiger partial charge in [0.25, 0.3) is 0 Å². The molecule has 120 valence electrons. The van der Waals surface area contributed by atoms with Gasteiger partial charge in [-0.1, -0.05) is 38.5 Å². The van der Waals surface area contributed by atoms with Crippen LogP contribution >= 0.6 is 0 Å². The van der Waals surface area contributed by atoms with Crippen LogP contribution in [0.15, 0.2) is 0 Å². The summed E-state index contributed by atoms with van der Waals surface area (Å²) in [7, 11) is 0. The van der Waals surface area contributed by atoms with E-state index in [2.05, 4.69) is 10.6 Å². The van der Waals surface area contributed by atoms with Crippen LogP contribution in [0.5, 0.6) is 0 Å². The Balaban J connectivity index is 1.53. The van der Waals surface area contributed by atoms with E-state index < -0.39 is 0 Å². The number of amides is 2. The van der Waals surface area contributed by atoms with E-state index in [1.54, 1.807) is 0 Å². The first-order valence-corrected chi connectivity index (χ1v) is 8.40. The molecule has 0 atom stereocenters. The van der Waals surface area contributed by atoms with Crippen LogP contribution in [0.4, 0.5) is 0 Å². The first-order chi connectivity index (χ1) is 10.2. The van der Waals surface area contributed by atoms with Gasteiger partial charge in [0.2, 0.25) is 11.8 Å². The molecule has 2 aliphatic carbocycles. The Labute approximate surface area is 127 Å². The molecule has 5 nitrogen and oxygen atoms in total. The molecular weight excluding hydrogens is 268 g/mol. The number of carbonyl (C=O) groups is 2. The van der Waals surface area contributed by atoms with Crippen LogP contribution in [-0.4, -0.2) is 37.1 Å². The van der Waals surface area contributed by atoms with Gasteiger partial charge in [0.15, 0.2) is 0 Å². The number of nitrogens with one attached hydrogen (secondary N) is 2. The van der Waals surface area contributed by atoms with E-state index in [-0.39, 0.29) is 25.0 Å². The number of ether oxygens (including phenoxy) is 1. The Bertz CT molecular complexity index is 302. The van der Waals surface area contributed by atoms with Crippen molar-refractivity contribution in [2.75, 3.05) is 13.2 Å². The second kappa shape index (κ2) is 9.03. The molecule has 0 radical (unpaired) electrons. The maximum absolute atomic E-state index is 11.7. The first kappa shape index (κ1) is 16.3. The average molecular weight is 296 g/mol. The highest BCUT2D eigenvalue weighted by Crippen LogP contribution is 2.17. The highest BCUT2D eigenvalue weighted by atomic mass is 16.5. The summed E-state index contributed by atoms with van der Waals surface area (Å²) in [5.74, 6) is -0.209. The molecule has 5 heteroatoms. The van der Waals surface area contributed by atoms with Crippen LogP contribution in [0.3, 0.4) is 0 Å². The van der Waals surface area contributed by atoms with Crippen LogP contribution < -0.4 is 10.6 Å². The molecule has 2 amide bonds. The predicted molar refractivity (Wildman–Crippen MR) is 80.9 cm³/mol. The Kier molecular flexibility index (Phi) is 7.00. The standard InChI is InChI=1S/C16H28N2O3/c19-15(17-13-7-3-1-4-8-13)11-21-12-16(20)18-14-9-5-2-6-10-14/h13-14H,1-12H2,(H,17,19)(H,18,20). The normalized spacial score (nSPS) is 21.0. The average Bonchev–Trinajstić information content (AvgIpc) is 2.49. The lowest BCUT2D eigenvalue weighted by atomic mass is 9.95. The maximum Gasteiger partial charge on any atom is 0.246 e. The molecule has 2 saturated carbocycles. The SMILES string of the molecule is O=C(COCC(=O)NC1CCCCC1)NC1CCCCC1. The molecule has 0 unspecified atom stereocenters. The van der Waals surface area contributed by atoms with Crippen LogP contribution in [0.2, 0.25) is 0 Å². The van der Waals surface area contributed by atoms with Gasteiger partial charge in [0.1, 0.15) is 13.2 Å². The fourth-order valence-corrected chi connectivity index (χ4v) is 3.27. The molecule has 0 saturated heterocycles. The monoisotopic (exact) mass is 296 g/mol. The molecule has 0 aliphatic heterocycles. The van der Waals surface area contributed by atoms with Gasteiger partial charge in [-0.25, -0.2) is 0 Å². The zero-order chi connectivity index (χ0) is 14.9. The molecule has 0 bridgehead atoms. The van der Waals surface area contributed by atoms with E-state index in [1.807, 2.05) is 0 Å². The van der Waals surface area contributed by atoms with Crippen LogP contribution in [-0.2, 0) is 14.3 Å². The lowest BCUT2D eigenvalue weighted by molar-refractivity contribution is -0.131. The first-order valence-electron chi connectivity index (χ1n) is 8.40. The highest BCUT2D eigenvalue weighted by molar-refractivity contribution is 5.79. The molecule has 0 heterocycles. The van der Waals surface area contributed by atoms with Gasteiger partial charge < -0.3 is 15.4 Å². The Hall–Kier alpha value is -1.10. The lowest BCUT2D eigenvalue weighted by Crippen LogP contribution is -2.41. The van der Waals surface area contributed by atoms with Crippen molar-refractivity contribution in [3.63, 3.8) is 0 Å². The summed E-state index contributed by atoms with van der Waals surface area (Å²) < 4.78 is 5.22. The largest absolute Gasteiger partial charge is 0.362 e. The van der Waals surface area contributed by atoms with E-state index in [0.717, 1.165) is 25.7 Å². The van der Waals surface area contributed by atoms with Crippen molar-refractivity contribution in [1.82, 2.24) is 10.6 Å². The second-order valence-electron chi connectivity index (χ2n) is 6.30. The third-order valence-electron chi connectivity index (χ3n) is 4.41. The summed E-state index contributed by atoms with van der Waals surface area (Å²) in [5, 5.41) is 5.96. The third-order valence-corrected chi connectivity index (χ3v) is 4.41. The van der Waals surface area contributed by atoms with Crippen molar-refractivity contribution >= 4 is 11.8 Å². The smallest absolute Gasteiger partial charge is 0.246 e. The van der Waals surface area contributed by atoms with Crippen molar-refractivity contribution < 1.29 is 14.3 Å². The maximum atomic E-state index is 11.7. The lowest BCUT2D eigenvalue weighted by Gasteiger charge is -2.23. The minimum atomic E-state index is -0.104. The predicted octanol–water partition coefficient (Wildman–Crippen LogP) is 1.90. The van der Waals surface area contributed by atoms with Gasteiger partial charge in [-0.05, 0) is 25.7 Å². The van der Waals surface area contributed by atoms with Crippen LogP contribution in [0.25, 0.3) is 0 Å². The van der Waals surface area contributed by atoms with E-state index >= 15 is 0 Å². The van der Waals surface area contributed by atoms with Gasteiger partial charge in [0, 0.05) is 12.1 Å². The van der Waals surface area contributed by atoms with Gasteiger partial charge >= 0.3 is 0 Å². The summed E-state index contributed by atoms with van der Waals surface area (Å²) >= 11 is 0. The molecule has 0 spiro atoms. The molecule has 2 N–H and O–H groups in total. The minimum Gasteiger partial charge on any atom is -0.362 e. The van der Waals surface area contributed by atoms with E-state index in [4.69, 9.17) is 4.74 Å². The fraction of sp³-hybridized carbons (Fsp3) is 0.875. The zero-order valence-electron chi connectivity index (χ0n) is 12.9. The van der Waals surface area contributed by atoms with E-state index in [9.17, 15) is 9.59 Å². The van der Waals surface area contributed by atoms with Crippen LogP contribution in [0, 0.1) is 0 Å². The van der Waals surface area contributed by atoms with Crippen molar-refractivity contribution in [1.29, 1.82) is 0 Å². The van der Waals surface area contributed by atoms with Gasteiger partial charge in [-0.15, -0.1) is 0 Å². The second-order valence-corrected chi connectivity index (χ2v) is 6.30. The molecule has 2 fully saturated rings. The Morgan fingerprint density at radius 3 is 1.48 bits per heavy atom. The Morgan fingerprint density at radius 2 is 1.10 bits per heavy atom. The van der Waals surface area contributed by atoms with Crippen LogP contribution in [0.1, 0.15) is 64.2 Å². The van der Waals surface area contributed by atoms with Gasteiger partial charge in [0.05, 0.1) is 0 Å². The third kappa shape index (κ3) is 6.46. The topological polar surface area (TPSA) is 67.4 Å². The van der Waals surface area contributed by atoms with Crippen molar-refractivity contribution in [3.8, 4) is 0 Å². The minimum absolute atomic E-state index is 0.0193. The Morgan fingerprint density at radius 1 is 0.714 bits per heavy atom. The summed E-state index contributed by atoms with van der Waals surface area (Å²) in [6.45, 7) is -0.0385. The van der Waals surface area contributed by atoms with Gasteiger partial charge in [-0.2, -0.15) is 0 Å². The fourth-order valence-electron chi connectivity index (χ4n) is 3.27. The van der Waals surface area contributed by atoms with E-state index in [1.165, 1.54) is 38.5 Å². The summed E-state index contributed by atoms with van der Waals surface area (Å²) in [4.78, 5) is 23.4. The van der Waals surface area contributed by atoms with Crippen molar-refractivity contribution in [3.05, 3.63) is 0 Å². The quantitative estimate of drug-likeness (QED) is 0.786. The highest BCUT2D eigenvalue weighted by Gasteiger charge is 2.17. The molecule has 2 rings (SSSR count). The number of carbonyl (C=O) groups excluding carboxylic acids is 2. The number of hydrogen-bond acceptors (Lipinski definition) is 3. The number of rotatable bonds is 6. The summed E-state index contributed by atoms with van der Waals surface area (Å²) in [6.07, 6.45) is 11.6. The summed E-state index contributed by atoms with van der Waals surface area (Å²) in [6, 6.07) is 0.594. The summed E-state index contributed by atoms with van der Waals surface area (Å²) in [5.41, 5.74) is 0. The molecule has 0 aromatic rings. The zero-order valence-corrected chi connectivity index (χ0v) is 12.9. The van der Waals surface area contributed by atoms with E-state index in [0.29, 0.717) is 12.1 Å². The molecule has 0 aromatic carbocycles. The van der Waals surface area contributed by atoms with Crippen molar-refractivity contribution in [2.24, 2.45) is 0 Å². The number of hydrogen-bond donors (Lipinski definition) is 2. The molecule has 0 aromatic heterocycles. The molecule has 21 heavy (non-hydrogen) atoms. The van der Waals surface area contributed by atoms with Gasteiger partial charge in [-0.3, -0.25) is 9.59 Å². The molecule has 2 aliphatic rings. The molecular formula is C16H28N2O3.